The molecule has 5 heteroatoms. The Hall–Kier alpha value is -1.78. The van der Waals surface area contributed by atoms with Gasteiger partial charge in [-0.05, 0) is 13.8 Å². The average molecular weight is 222 g/mol. The smallest absolute Gasteiger partial charge is 0.242 e. The van der Waals surface area contributed by atoms with Gasteiger partial charge in [0.25, 0.3) is 0 Å². The van der Waals surface area contributed by atoms with Crippen molar-refractivity contribution in [3.05, 3.63) is 25.0 Å². The Morgan fingerprint density at radius 1 is 1.75 bits per heavy atom. The summed E-state index contributed by atoms with van der Waals surface area (Å²) in [6, 6.07) is -0.283. The monoisotopic (exact) mass is 222 g/mol. The lowest BCUT2D eigenvalue weighted by Gasteiger charge is -2.12. The quantitative estimate of drug-likeness (QED) is 0.706. The van der Waals surface area contributed by atoms with Crippen molar-refractivity contribution < 1.29 is 4.79 Å². The largest absolute Gasteiger partial charge is 0.371 e. The number of nitrogens with one attached hydrogen (secondary N) is 2. The van der Waals surface area contributed by atoms with Crippen molar-refractivity contribution >= 4 is 11.6 Å². The third kappa shape index (κ3) is 3.42. The highest BCUT2D eigenvalue weighted by atomic mass is 16.2. The molecule has 1 atom stereocenters. The fraction of sp³-hybridized carbons (Fsp3) is 0.455. The molecule has 5 nitrogen and oxygen atoms in total. The van der Waals surface area contributed by atoms with Crippen LogP contribution in [0.3, 0.4) is 0 Å². The molecule has 1 amide bonds. The maximum atomic E-state index is 11.5. The van der Waals surface area contributed by atoms with E-state index in [1.807, 2.05) is 20.0 Å². The van der Waals surface area contributed by atoms with Gasteiger partial charge in [-0.25, -0.2) is 0 Å². The summed E-state index contributed by atoms with van der Waals surface area (Å²) in [4.78, 5) is 11.5. The van der Waals surface area contributed by atoms with E-state index in [0.29, 0.717) is 6.54 Å². The van der Waals surface area contributed by atoms with Crippen LogP contribution in [0.5, 0.6) is 0 Å². The van der Waals surface area contributed by atoms with Gasteiger partial charge in [0.05, 0.1) is 11.9 Å². The molecule has 2 N–H and O–H groups in total. The molecule has 0 saturated heterocycles. The molecule has 1 rings (SSSR count). The number of aryl methyl sites for hydroxylation is 1. The summed E-state index contributed by atoms with van der Waals surface area (Å²) in [5.74, 6) is -0.0517. The second kappa shape index (κ2) is 5.95. The predicted octanol–water partition coefficient (Wildman–Crippen LogP) is 1.01. The number of aromatic nitrogens is 2. The summed E-state index contributed by atoms with van der Waals surface area (Å²) in [5.41, 5.74) is 0.850. The highest BCUT2D eigenvalue weighted by Gasteiger charge is 2.11. The number of amides is 1. The summed E-state index contributed by atoms with van der Waals surface area (Å²) >= 11 is 0. The van der Waals surface area contributed by atoms with E-state index >= 15 is 0 Å². The molecule has 0 aliphatic heterocycles. The zero-order valence-corrected chi connectivity index (χ0v) is 9.73. The molecule has 1 aromatic heterocycles. The molecule has 0 radical (unpaired) electrons. The molecule has 1 aromatic rings. The van der Waals surface area contributed by atoms with Crippen molar-refractivity contribution in [3.63, 3.8) is 0 Å². The third-order valence-electron chi connectivity index (χ3n) is 2.15. The molecule has 0 spiro atoms. The molecule has 1 unspecified atom stereocenters. The highest BCUT2D eigenvalue weighted by molar-refractivity contribution is 5.84. The second-order valence-electron chi connectivity index (χ2n) is 3.48. The van der Waals surface area contributed by atoms with E-state index in [2.05, 4.69) is 22.3 Å². The standard InChI is InChI=1S/C11H18N4O/c1-4-6-12-11(16)9(3)14-10-7-13-15(5-2)8-10/h4,7-9,14H,1,5-6H2,2-3H3,(H,12,16). The SMILES string of the molecule is C=CCNC(=O)C(C)Nc1cnn(CC)c1. The Balaban J connectivity index is 2.46. The van der Waals surface area contributed by atoms with Crippen LogP contribution < -0.4 is 10.6 Å². The van der Waals surface area contributed by atoms with Gasteiger partial charge in [-0.1, -0.05) is 6.08 Å². The molecular formula is C11H18N4O. The van der Waals surface area contributed by atoms with Gasteiger partial charge in [0.2, 0.25) is 5.91 Å². The van der Waals surface area contributed by atoms with E-state index in [0.717, 1.165) is 12.2 Å². The summed E-state index contributed by atoms with van der Waals surface area (Å²) < 4.78 is 1.80. The van der Waals surface area contributed by atoms with Gasteiger partial charge in [0.1, 0.15) is 6.04 Å². The minimum Gasteiger partial charge on any atom is -0.371 e. The van der Waals surface area contributed by atoms with Crippen LogP contribution in [0.25, 0.3) is 0 Å². The fourth-order valence-corrected chi connectivity index (χ4v) is 1.25. The predicted molar refractivity (Wildman–Crippen MR) is 64.2 cm³/mol. The normalized spacial score (nSPS) is 11.9. The lowest BCUT2D eigenvalue weighted by atomic mass is 10.3. The first-order valence-electron chi connectivity index (χ1n) is 5.35. The van der Waals surface area contributed by atoms with Gasteiger partial charge in [0.15, 0.2) is 0 Å². The summed E-state index contributed by atoms with van der Waals surface area (Å²) in [6.45, 7) is 8.66. The number of carbonyl (C=O) groups is 1. The van der Waals surface area contributed by atoms with Crippen LogP contribution >= 0.6 is 0 Å². The summed E-state index contributed by atoms with van der Waals surface area (Å²) in [7, 11) is 0. The van der Waals surface area contributed by atoms with Crippen LogP contribution in [0.1, 0.15) is 13.8 Å². The van der Waals surface area contributed by atoms with Gasteiger partial charge in [-0.2, -0.15) is 5.10 Å². The molecule has 0 saturated carbocycles. The zero-order valence-electron chi connectivity index (χ0n) is 9.73. The fourth-order valence-electron chi connectivity index (χ4n) is 1.25. The summed E-state index contributed by atoms with van der Waals surface area (Å²) in [6.07, 6.45) is 5.23. The van der Waals surface area contributed by atoms with Crippen LogP contribution in [0.15, 0.2) is 25.0 Å². The average Bonchev–Trinajstić information content (AvgIpc) is 2.73. The molecule has 0 fully saturated rings. The Morgan fingerprint density at radius 2 is 2.50 bits per heavy atom. The summed E-state index contributed by atoms with van der Waals surface area (Å²) in [5, 5.41) is 9.92. The lowest BCUT2D eigenvalue weighted by molar-refractivity contribution is -0.121. The number of rotatable bonds is 6. The van der Waals surface area contributed by atoms with Crippen LogP contribution in [-0.4, -0.2) is 28.3 Å². The van der Waals surface area contributed by atoms with E-state index < -0.39 is 0 Å². The Labute approximate surface area is 95.5 Å². The van der Waals surface area contributed by atoms with E-state index in [1.165, 1.54) is 0 Å². The third-order valence-corrected chi connectivity index (χ3v) is 2.15. The number of nitrogens with zero attached hydrogens (tertiary/aromatic N) is 2. The van der Waals surface area contributed by atoms with Crippen LogP contribution in [0.2, 0.25) is 0 Å². The van der Waals surface area contributed by atoms with E-state index in [9.17, 15) is 4.79 Å². The van der Waals surface area contributed by atoms with Gasteiger partial charge < -0.3 is 10.6 Å². The molecule has 16 heavy (non-hydrogen) atoms. The van der Waals surface area contributed by atoms with Crippen LogP contribution in [-0.2, 0) is 11.3 Å². The van der Waals surface area contributed by atoms with E-state index in [4.69, 9.17) is 0 Å². The number of hydrogen-bond donors (Lipinski definition) is 2. The van der Waals surface area contributed by atoms with Crippen LogP contribution in [0.4, 0.5) is 5.69 Å². The molecule has 0 aromatic carbocycles. The zero-order chi connectivity index (χ0) is 12.0. The Bertz CT molecular complexity index is 359. The maximum absolute atomic E-state index is 11.5. The molecular weight excluding hydrogens is 204 g/mol. The minimum absolute atomic E-state index is 0.0517. The van der Waals surface area contributed by atoms with Crippen LogP contribution in [0, 0.1) is 0 Å². The minimum atomic E-state index is -0.283. The van der Waals surface area contributed by atoms with E-state index in [1.54, 1.807) is 17.0 Å². The second-order valence-corrected chi connectivity index (χ2v) is 3.48. The number of anilines is 1. The van der Waals surface area contributed by atoms with Gasteiger partial charge in [-0.15, -0.1) is 6.58 Å². The van der Waals surface area contributed by atoms with Gasteiger partial charge in [0, 0.05) is 19.3 Å². The van der Waals surface area contributed by atoms with E-state index in [-0.39, 0.29) is 11.9 Å². The van der Waals surface area contributed by atoms with Crippen molar-refractivity contribution in [1.82, 2.24) is 15.1 Å². The molecule has 0 aliphatic carbocycles. The topological polar surface area (TPSA) is 59.0 Å². The number of carbonyl (C=O) groups excluding carboxylic acids is 1. The first-order valence-corrected chi connectivity index (χ1v) is 5.35. The maximum Gasteiger partial charge on any atom is 0.242 e. The number of hydrogen-bond acceptors (Lipinski definition) is 3. The first-order chi connectivity index (χ1) is 7.67. The van der Waals surface area contributed by atoms with Gasteiger partial charge >= 0.3 is 0 Å². The lowest BCUT2D eigenvalue weighted by Crippen LogP contribution is -2.37. The van der Waals surface area contributed by atoms with Gasteiger partial charge in [-0.3, -0.25) is 9.48 Å². The van der Waals surface area contributed by atoms with Crippen molar-refractivity contribution in [1.29, 1.82) is 0 Å². The van der Waals surface area contributed by atoms with Crippen molar-refractivity contribution in [2.24, 2.45) is 0 Å². The molecule has 0 bridgehead atoms. The van der Waals surface area contributed by atoms with Crippen molar-refractivity contribution in [2.75, 3.05) is 11.9 Å². The molecule has 0 aliphatic rings. The highest BCUT2D eigenvalue weighted by Crippen LogP contribution is 2.06. The molecule has 88 valence electrons. The Morgan fingerprint density at radius 3 is 3.06 bits per heavy atom. The Kier molecular flexibility index (Phi) is 4.57. The van der Waals surface area contributed by atoms with Crippen molar-refractivity contribution in [2.45, 2.75) is 26.4 Å². The first kappa shape index (κ1) is 12.3. The van der Waals surface area contributed by atoms with Crippen molar-refractivity contribution in [3.8, 4) is 0 Å². The molecule has 1 heterocycles.